The first kappa shape index (κ1) is 22.7. The van der Waals surface area contributed by atoms with E-state index in [-0.39, 0.29) is 30.5 Å². The second-order valence-electron chi connectivity index (χ2n) is 8.05. The fourth-order valence-corrected chi connectivity index (χ4v) is 3.46. The Morgan fingerprint density at radius 1 is 1.16 bits per heavy atom. The number of hydrogen-bond donors (Lipinski definition) is 1. The third kappa shape index (κ3) is 5.77. The maximum absolute atomic E-state index is 13.3. The summed E-state index contributed by atoms with van der Waals surface area (Å²) in [5.41, 5.74) is 7.31. The Morgan fingerprint density at radius 2 is 1.90 bits per heavy atom. The van der Waals surface area contributed by atoms with Gasteiger partial charge in [0.15, 0.2) is 5.78 Å². The molecule has 0 bridgehead atoms. The summed E-state index contributed by atoms with van der Waals surface area (Å²) in [6.45, 7) is 4.08. The van der Waals surface area contributed by atoms with Gasteiger partial charge in [-0.2, -0.15) is 0 Å². The van der Waals surface area contributed by atoms with E-state index in [0.29, 0.717) is 18.8 Å². The maximum Gasteiger partial charge on any atom is 0.261 e. The van der Waals surface area contributed by atoms with Gasteiger partial charge in [0.25, 0.3) is 5.91 Å². The Labute approximate surface area is 182 Å². The van der Waals surface area contributed by atoms with Gasteiger partial charge >= 0.3 is 0 Å². The van der Waals surface area contributed by atoms with Gasteiger partial charge in [0, 0.05) is 5.56 Å². The number of carbonyl (C=O) groups excluding carboxylic acids is 3. The molecule has 1 unspecified atom stereocenters. The third-order valence-corrected chi connectivity index (χ3v) is 5.03. The molecule has 0 aliphatic carbocycles. The Balaban J connectivity index is 1.81. The third-order valence-electron chi connectivity index (χ3n) is 5.03. The highest BCUT2D eigenvalue weighted by Crippen LogP contribution is 2.21. The van der Waals surface area contributed by atoms with E-state index in [0.717, 1.165) is 10.5 Å². The van der Waals surface area contributed by atoms with Crippen molar-refractivity contribution < 1.29 is 23.9 Å². The molecular weight excluding hydrogens is 396 g/mol. The number of nitrogens with zero attached hydrogens (tertiary/aromatic N) is 1. The molecule has 7 heteroatoms. The van der Waals surface area contributed by atoms with Crippen LogP contribution in [0.3, 0.4) is 0 Å². The number of rotatable bonds is 8. The van der Waals surface area contributed by atoms with Crippen molar-refractivity contribution in [2.45, 2.75) is 39.0 Å². The molecular formula is C24H28N2O5. The molecule has 2 amide bonds. The van der Waals surface area contributed by atoms with Gasteiger partial charge in [0.1, 0.15) is 25.0 Å². The second kappa shape index (κ2) is 10.3. The van der Waals surface area contributed by atoms with E-state index in [4.69, 9.17) is 15.2 Å². The minimum Gasteiger partial charge on any atom is -0.489 e. The van der Waals surface area contributed by atoms with Crippen molar-refractivity contribution in [1.82, 2.24) is 4.90 Å². The number of nitrogens with two attached hydrogens (primary N) is 1. The monoisotopic (exact) mass is 424 g/mol. The lowest BCUT2D eigenvalue weighted by Gasteiger charge is -2.28. The highest BCUT2D eigenvalue weighted by atomic mass is 16.5. The summed E-state index contributed by atoms with van der Waals surface area (Å²) in [7, 11) is 0. The van der Waals surface area contributed by atoms with Crippen molar-refractivity contribution in [1.29, 1.82) is 0 Å². The minimum atomic E-state index is -0.966. The lowest BCUT2D eigenvalue weighted by Crippen LogP contribution is -2.54. The second-order valence-corrected chi connectivity index (χ2v) is 8.05. The molecule has 3 rings (SSSR count). The quantitative estimate of drug-likeness (QED) is 0.699. The summed E-state index contributed by atoms with van der Waals surface area (Å²) in [5.74, 6) is -0.810. The van der Waals surface area contributed by atoms with Gasteiger partial charge in [-0.3, -0.25) is 19.3 Å². The number of carbonyl (C=O) groups is 3. The van der Waals surface area contributed by atoms with Crippen LogP contribution >= 0.6 is 0 Å². The fraction of sp³-hybridized carbons (Fsp3) is 0.375. The molecule has 1 heterocycles. The molecule has 1 fully saturated rings. The molecule has 2 atom stereocenters. The lowest BCUT2D eigenvalue weighted by atomic mass is 10.0. The van der Waals surface area contributed by atoms with Gasteiger partial charge in [0.2, 0.25) is 5.91 Å². The van der Waals surface area contributed by atoms with Crippen LogP contribution in [0.15, 0.2) is 54.6 Å². The van der Waals surface area contributed by atoms with Crippen molar-refractivity contribution in [3.05, 3.63) is 65.7 Å². The highest BCUT2D eigenvalue weighted by molar-refractivity contribution is 6.09. The van der Waals surface area contributed by atoms with Crippen LogP contribution in [-0.4, -0.2) is 47.8 Å². The molecule has 0 spiro atoms. The standard InChI is InChI=1S/C24H28N2O5/c1-16(2)11-20(25)24(29)26(21-14-30-15-22(21)27)23(28)18-9-6-10-19(12-18)31-13-17-7-4-3-5-8-17/h3-10,12,16,20-21H,11,13-15,25H2,1-2H3/t20-,21?/m0/s1. The zero-order valence-corrected chi connectivity index (χ0v) is 17.8. The van der Waals surface area contributed by atoms with E-state index in [1.807, 2.05) is 44.2 Å². The van der Waals surface area contributed by atoms with Crippen molar-refractivity contribution in [2.24, 2.45) is 11.7 Å². The summed E-state index contributed by atoms with van der Waals surface area (Å²) >= 11 is 0. The first-order valence-corrected chi connectivity index (χ1v) is 10.4. The predicted molar refractivity (Wildman–Crippen MR) is 115 cm³/mol. The van der Waals surface area contributed by atoms with Crippen LogP contribution in [0.1, 0.15) is 36.2 Å². The van der Waals surface area contributed by atoms with E-state index in [1.54, 1.807) is 24.3 Å². The summed E-state index contributed by atoms with van der Waals surface area (Å²) in [6, 6.07) is 14.4. The molecule has 0 aromatic heterocycles. The fourth-order valence-electron chi connectivity index (χ4n) is 3.46. The Bertz CT molecular complexity index is 929. The van der Waals surface area contributed by atoms with E-state index in [9.17, 15) is 14.4 Å². The van der Waals surface area contributed by atoms with Crippen LogP contribution in [0.2, 0.25) is 0 Å². The molecule has 2 aromatic carbocycles. The average molecular weight is 424 g/mol. The number of benzene rings is 2. The highest BCUT2D eigenvalue weighted by Gasteiger charge is 2.40. The Kier molecular flexibility index (Phi) is 7.55. The smallest absolute Gasteiger partial charge is 0.261 e. The van der Waals surface area contributed by atoms with Gasteiger partial charge in [0.05, 0.1) is 12.6 Å². The van der Waals surface area contributed by atoms with Crippen LogP contribution in [0.4, 0.5) is 0 Å². The molecule has 0 saturated carbocycles. The van der Waals surface area contributed by atoms with E-state index >= 15 is 0 Å². The summed E-state index contributed by atoms with van der Waals surface area (Å²) in [5, 5.41) is 0. The normalized spacial score (nSPS) is 16.9. The van der Waals surface area contributed by atoms with Gasteiger partial charge in [-0.05, 0) is 36.1 Å². The first-order valence-electron chi connectivity index (χ1n) is 10.4. The largest absolute Gasteiger partial charge is 0.489 e. The molecule has 1 saturated heterocycles. The minimum absolute atomic E-state index is 0.0189. The molecule has 1 aliphatic heterocycles. The molecule has 2 aromatic rings. The number of ketones is 1. The van der Waals surface area contributed by atoms with Crippen LogP contribution in [-0.2, 0) is 20.9 Å². The number of hydrogen-bond acceptors (Lipinski definition) is 6. The summed E-state index contributed by atoms with van der Waals surface area (Å²) in [4.78, 5) is 39.6. The SMILES string of the molecule is CC(C)C[C@H](N)C(=O)N(C(=O)c1cccc(OCc2ccccc2)c1)C1COCC1=O. The van der Waals surface area contributed by atoms with E-state index < -0.39 is 23.9 Å². The molecule has 7 nitrogen and oxygen atoms in total. The first-order chi connectivity index (χ1) is 14.9. The topological polar surface area (TPSA) is 98.9 Å². The predicted octanol–water partition coefficient (Wildman–Crippen LogP) is 2.58. The molecule has 164 valence electrons. The lowest BCUT2D eigenvalue weighted by molar-refractivity contribution is -0.136. The van der Waals surface area contributed by atoms with E-state index in [2.05, 4.69) is 0 Å². The Morgan fingerprint density at radius 3 is 2.55 bits per heavy atom. The van der Waals surface area contributed by atoms with Crippen molar-refractivity contribution in [2.75, 3.05) is 13.2 Å². The van der Waals surface area contributed by atoms with Gasteiger partial charge in [-0.1, -0.05) is 50.2 Å². The van der Waals surface area contributed by atoms with Gasteiger partial charge in [-0.15, -0.1) is 0 Å². The number of imide groups is 1. The van der Waals surface area contributed by atoms with Crippen molar-refractivity contribution >= 4 is 17.6 Å². The number of ether oxygens (including phenoxy) is 2. The van der Waals surface area contributed by atoms with Crippen LogP contribution in [0.5, 0.6) is 5.75 Å². The molecule has 1 aliphatic rings. The zero-order valence-electron chi connectivity index (χ0n) is 17.8. The van der Waals surface area contributed by atoms with Crippen LogP contribution in [0.25, 0.3) is 0 Å². The van der Waals surface area contributed by atoms with Gasteiger partial charge in [-0.25, -0.2) is 0 Å². The summed E-state index contributed by atoms with van der Waals surface area (Å²) < 4.78 is 11.0. The number of Topliss-reactive ketones (excluding diaryl/α,β-unsaturated/α-hetero) is 1. The van der Waals surface area contributed by atoms with Crippen LogP contribution < -0.4 is 10.5 Å². The van der Waals surface area contributed by atoms with Crippen molar-refractivity contribution in [3.63, 3.8) is 0 Å². The zero-order chi connectivity index (χ0) is 22.4. The van der Waals surface area contributed by atoms with E-state index in [1.165, 1.54) is 0 Å². The van der Waals surface area contributed by atoms with Gasteiger partial charge < -0.3 is 15.2 Å². The van der Waals surface area contributed by atoms with Crippen LogP contribution in [0, 0.1) is 5.92 Å². The molecule has 0 radical (unpaired) electrons. The number of amides is 2. The molecule has 2 N–H and O–H groups in total. The maximum atomic E-state index is 13.3. The Hall–Kier alpha value is -3.03. The average Bonchev–Trinajstić information content (AvgIpc) is 3.18. The van der Waals surface area contributed by atoms with Crippen molar-refractivity contribution in [3.8, 4) is 5.75 Å². The summed E-state index contributed by atoms with van der Waals surface area (Å²) in [6.07, 6.45) is 0.407. The molecule has 31 heavy (non-hydrogen) atoms.